The lowest BCUT2D eigenvalue weighted by Gasteiger charge is -2.27. The normalized spacial score (nSPS) is 15.5. The molecule has 3 aromatic heterocycles. The molecule has 21 N–H and O–H groups in total. The lowest BCUT2D eigenvalue weighted by Crippen LogP contribution is -2.60. The fraction of sp³-hybridized carbons (Fsp3) is 0.518. The van der Waals surface area contributed by atoms with E-state index in [9.17, 15) is 62.6 Å². The van der Waals surface area contributed by atoms with Gasteiger partial charge in [0.25, 0.3) is 0 Å². The van der Waals surface area contributed by atoms with Crippen LogP contribution in [0.25, 0.3) is 10.9 Å². The fourth-order valence-corrected chi connectivity index (χ4v) is 9.51. The molecule has 11 amide bonds. The van der Waals surface area contributed by atoms with Gasteiger partial charge in [-0.3, -0.25) is 57.7 Å². The van der Waals surface area contributed by atoms with E-state index in [1.807, 2.05) is 0 Å². The summed E-state index contributed by atoms with van der Waals surface area (Å²) in [4.78, 5) is 182. The molecule has 1 aromatic carbocycles. The van der Waals surface area contributed by atoms with Gasteiger partial charge in [0.05, 0.1) is 38.2 Å². The van der Waals surface area contributed by atoms with Crippen LogP contribution in [0.5, 0.6) is 0 Å². The van der Waals surface area contributed by atoms with Crippen molar-refractivity contribution in [2.45, 2.75) is 147 Å². The Morgan fingerprint density at radius 1 is 0.629 bits per heavy atom. The van der Waals surface area contributed by atoms with Gasteiger partial charge < -0.3 is 95.7 Å². The molecule has 33 heteroatoms. The number of aliphatic imine (C=N–C) groups is 1. The van der Waals surface area contributed by atoms with Crippen molar-refractivity contribution >= 4 is 87.8 Å². The number of nitrogens with two attached hydrogens (primary N) is 3. The molecule has 4 heterocycles. The molecule has 0 saturated carbocycles. The molecule has 1 aliphatic heterocycles. The summed E-state index contributed by atoms with van der Waals surface area (Å²) in [5, 5.41) is 38.8. The predicted octanol–water partition coefficient (Wildman–Crippen LogP) is -4.76. The van der Waals surface area contributed by atoms with E-state index in [0.717, 1.165) is 6.42 Å². The molecule has 9 unspecified atom stereocenters. The summed E-state index contributed by atoms with van der Waals surface area (Å²) in [5.74, 6) is -11.5. The molecule has 0 radical (unpaired) electrons. The van der Waals surface area contributed by atoms with Crippen LogP contribution >= 0.6 is 0 Å². The molecule has 1 fully saturated rings. The number of aliphatic carboxylic acids is 1. The van der Waals surface area contributed by atoms with Gasteiger partial charge in [0.2, 0.25) is 65.0 Å². The minimum atomic E-state index is -1.71. The molecule has 0 aliphatic carbocycles. The molecule has 9 atom stereocenters. The number of aromatic nitrogens is 5. The third kappa shape index (κ3) is 23.0. The molecule has 0 spiro atoms. The van der Waals surface area contributed by atoms with Crippen LogP contribution in [0, 0.1) is 11.8 Å². The van der Waals surface area contributed by atoms with E-state index in [-0.39, 0.29) is 56.9 Å². The Morgan fingerprint density at radius 2 is 1.19 bits per heavy atom. The van der Waals surface area contributed by atoms with Crippen molar-refractivity contribution in [2.24, 2.45) is 34.0 Å². The van der Waals surface area contributed by atoms with Crippen molar-refractivity contribution in [3.05, 3.63) is 72.5 Å². The third-order valence-electron chi connectivity index (χ3n) is 14.2. The SMILES string of the molecule is CC(C)CC(NC(=O)C(Cc1cnc[nH]1)NC(=O)CNC(=O)C(NC(=O)C(C)NC(=O)C(Cc1c[nH]c2ccccc12)NC(=O)C(Cc1cnc[nH]1)NC(=O)C(CC(N)=O)NC(=O)CNC(=O)C(CCCN=C(N)N)NC(=O)C1CCCN1)C(C)C)C(=O)O. The number of rotatable bonds is 36. The van der Waals surface area contributed by atoms with Crippen molar-refractivity contribution in [1.82, 2.24) is 83.4 Å². The van der Waals surface area contributed by atoms with Gasteiger partial charge in [0.15, 0.2) is 5.96 Å². The van der Waals surface area contributed by atoms with E-state index in [2.05, 4.69) is 88.4 Å². The van der Waals surface area contributed by atoms with Gasteiger partial charge in [-0.1, -0.05) is 45.9 Å². The first-order valence-corrected chi connectivity index (χ1v) is 29.0. The van der Waals surface area contributed by atoms with Crippen LogP contribution in [0.15, 0.2) is 60.5 Å². The zero-order valence-corrected chi connectivity index (χ0v) is 50.2. The maximum absolute atomic E-state index is 14.6. The van der Waals surface area contributed by atoms with E-state index in [1.165, 1.54) is 32.0 Å². The van der Waals surface area contributed by atoms with Crippen molar-refractivity contribution in [3.63, 3.8) is 0 Å². The Balaban J connectivity index is 1.27. The zero-order valence-electron chi connectivity index (χ0n) is 50.2. The third-order valence-corrected chi connectivity index (χ3v) is 14.2. The second kappa shape index (κ2) is 34.4. The van der Waals surface area contributed by atoms with Crippen LogP contribution in [0.2, 0.25) is 0 Å². The Labute approximate surface area is 511 Å². The highest BCUT2D eigenvalue weighted by molar-refractivity contribution is 5.99. The number of fused-ring (bicyclic) bond motifs is 1. The number of hydrogen-bond donors (Lipinski definition) is 18. The molecule has 89 heavy (non-hydrogen) atoms. The first-order valence-electron chi connectivity index (χ1n) is 29.0. The van der Waals surface area contributed by atoms with Crippen LogP contribution in [0.4, 0.5) is 0 Å². The number of nitrogens with one attached hydrogen (secondary N) is 14. The molecule has 1 saturated heterocycles. The number of hydrogen-bond acceptors (Lipinski definition) is 16. The number of guanidine groups is 1. The molecule has 0 bridgehead atoms. The highest BCUT2D eigenvalue weighted by Crippen LogP contribution is 2.20. The molecule has 1 aliphatic rings. The zero-order chi connectivity index (χ0) is 65.3. The van der Waals surface area contributed by atoms with Crippen molar-refractivity contribution in [3.8, 4) is 0 Å². The highest BCUT2D eigenvalue weighted by atomic mass is 16.4. The monoisotopic (exact) mass is 1240 g/mol. The molecular formula is C56H82N20O13. The number of carbonyl (C=O) groups is 12. The number of carbonyl (C=O) groups excluding carboxylic acids is 11. The van der Waals surface area contributed by atoms with E-state index in [0.29, 0.717) is 40.8 Å². The van der Waals surface area contributed by atoms with Gasteiger partial charge in [-0.2, -0.15) is 0 Å². The molecular weight excluding hydrogens is 1160 g/mol. The topological polar surface area (TPSA) is 521 Å². The van der Waals surface area contributed by atoms with E-state index in [1.54, 1.807) is 58.2 Å². The number of benzene rings is 1. The van der Waals surface area contributed by atoms with Crippen molar-refractivity contribution in [1.29, 1.82) is 0 Å². The predicted molar refractivity (Wildman–Crippen MR) is 320 cm³/mol. The number of amides is 11. The summed E-state index contributed by atoms with van der Waals surface area (Å²) in [7, 11) is 0. The number of imidazole rings is 2. The number of carboxylic acid groups (broad SMARTS) is 1. The quantitative estimate of drug-likeness (QED) is 0.0115. The summed E-state index contributed by atoms with van der Waals surface area (Å²) >= 11 is 0. The maximum atomic E-state index is 14.6. The maximum Gasteiger partial charge on any atom is 0.326 e. The molecule has 33 nitrogen and oxygen atoms in total. The van der Waals surface area contributed by atoms with Gasteiger partial charge >= 0.3 is 5.97 Å². The minimum Gasteiger partial charge on any atom is -0.480 e. The second-order valence-electron chi connectivity index (χ2n) is 22.2. The number of nitrogens with zero attached hydrogens (tertiary/aromatic N) is 3. The lowest BCUT2D eigenvalue weighted by molar-refractivity contribution is -0.142. The van der Waals surface area contributed by atoms with Crippen molar-refractivity contribution < 1.29 is 62.6 Å². The van der Waals surface area contributed by atoms with E-state index >= 15 is 0 Å². The molecule has 4 aromatic rings. The Kier molecular flexibility index (Phi) is 27.0. The minimum absolute atomic E-state index is 0.0833. The summed E-state index contributed by atoms with van der Waals surface area (Å²) in [6, 6.07) is -4.50. The van der Waals surface area contributed by atoms with E-state index < -0.39 is 151 Å². The van der Waals surface area contributed by atoms with Gasteiger partial charge in [-0.25, -0.2) is 14.8 Å². The Hall–Kier alpha value is -9.95. The largest absolute Gasteiger partial charge is 0.480 e. The number of para-hydroxylation sites is 1. The first kappa shape index (κ1) is 69.8. The van der Waals surface area contributed by atoms with Gasteiger partial charge in [-0.15, -0.1) is 0 Å². The number of primary amides is 1. The van der Waals surface area contributed by atoms with Gasteiger partial charge in [0, 0.05) is 66.7 Å². The van der Waals surface area contributed by atoms with Gasteiger partial charge in [0.1, 0.15) is 48.3 Å². The van der Waals surface area contributed by atoms with Crippen LogP contribution in [0.1, 0.15) is 90.1 Å². The van der Waals surface area contributed by atoms with Crippen molar-refractivity contribution in [2.75, 3.05) is 26.2 Å². The van der Waals surface area contributed by atoms with Crippen LogP contribution in [-0.2, 0) is 76.8 Å². The lowest BCUT2D eigenvalue weighted by atomic mass is 10.0. The highest BCUT2D eigenvalue weighted by Gasteiger charge is 2.35. The summed E-state index contributed by atoms with van der Waals surface area (Å²) in [5.41, 5.74) is 18.4. The summed E-state index contributed by atoms with van der Waals surface area (Å²) in [6.07, 6.45) is 7.50. The van der Waals surface area contributed by atoms with Gasteiger partial charge in [-0.05, 0) is 69.0 Å². The standard InChI is InChI=1S/C56H82N20O13/c1-28(2)16-42(55(88)89)75-51(84)39(18-32-22-60-26-67-32)70-45(79)25-66-54(87)46(29(3)4)76-47(80)30(5)69-50(83)38(17-31-21-64-35-11-7-6-10-34(31)35)73-52(85)40(19-33-23-61-27-68-33)74-53(86)41(20-43(57)77)71-44(78)24-65-48(81)37(13-9-15-63-56(58)59)72-49(82)36-12-8-14-62-36/h6-7,10-11,21-23,26-30,36-42,46,62,64H,8-9,12-20,24-25H2,1-5H3,(H2,57,77)(H,60,67)(H,61,68)(H,65,81)(H,66,87)(H,69,83)(H,70,79)(H,71,78)(H,72,82)(H,73,85)(H,74,86)(H,75,84)(H,76,80)(H,88,89)(H4,58,59,63). The average Bonchev–Trinajstić information content (AvgIpc) is 3.39. The second-order valence-corrected chi connectivity index (χ2v) is 22.2. The molecule has 5 rings (SSSR count). The Morgan fingerprint density at radius 3 is 1.74 bits per heavy atom. The summed E-state index contributed by atoms with van der Waals surface area (Å²) < 4.78 is 0. The Bertz CT molecular complexity index is 3120. The number of carboxylic acids is 1. The fourth-order valence-electron chi connectivity index (χ4n) is 9.51. The van der Waals surface area contributed by atoms with Crippen LogP contribution < -0.4 is 75.7 Å². The summed E-state index contributed by atoms with van der Waals surface area (Å²) in [6.45, 7) is 7.47. The van der Waals surface area contributed by atoms with Crippen LogP contribution in [0.3, 0.4) is 0 Å². The number of aromatic amines is 3. The molecule has 484 valence electrons. The number of H-pyrrole nitrogens is 3. The smallest absolute Gasteiger partial charge is 0.326 e. The first-order chi connectivity index (χ1) is 42.3. The average molecular weight is 1240 g/mol. The van der Waals surface area contributed by atoms with E-state index in [4.69, 9.17) is 17.2 Å². The van der Waals surface area contributed by atoms with Crippen LogP contribution in [-0.4, -0.2) is 187 Å².